The number of carbonyl (C=O) groups is 1. The fraction of sp³-hybridized carbons (Fsp3) is 0.857. The molecule has 7 heteroatoms. The molecule has 0 aromatic heterocycles. The van der Waals surface area contributed by atoms with E-state index in [9.17, 15) is 9.36 Å². The van der Waals surface area contributed by atoms with Gasteiger partial charge < -0.3 is 14.9 Å². The van der Waals surface area contributed by atoms with Gasteiger partial charge in [0, 0.05) is 0 Å². The van der Waals surface area contributed by atoms with Gasteiger partial charge in [0.25, 0.3) is 0 Å². The lowest BCUT2D eigenvalue weighted by atomic mass is 10.1. The van der Waals surface area contributed by atoms with Crippen LogP contribution in [0.1, 0.15) is 26.7 Å². The van der Waals surface area contributed by atoms with Crippen LogP contribution >= 0.6 is 7.60 Å². The van der Waals surface area contributed by atoms with Gasteiger partial charge in [0.05, 0.1) is 6.54 Å². The lowest BCUT2D eigenvalue weighted by molar-refractivity contribution is -0.136. The Balaban J connectivity index is 4.72. The molecule has 0 radical (unpaired) electrons. The predicted molar refractivity (Wildman–Crippen MR) is 51.0 cm³/mol. The highest BCUT2D eigenvalue weighted by Gasteiger charge is 2.43. The second kappa shape index (κ2) is 4.89. The molecule has 6 nitrogen and oxygen atoms in total. The molecule has 0 bridgehead atoms. The van der Waals surface area contributed by atoms with Crippen LogP contribution in [0.4, 0.5) is 0 Å². The predicted octanol–water partition coefficient (Wildman–Crippen LogP) is 0.355. The molecule has 0 aromatic carbocycles. The maximum absolute atomic E-state index is 11.2. The molecule has 0 aliphatic rings. The van der Waals surface area contributed by atoms with E-state index in [0.717, 1.165) is 0 Å². The summed E-state index contributed by atoms with van der Waals surface area (Å²) in [5.41, 5.74) is 0. The minimum Gasteiger partial charge on any atom is -0.480 e. The molecule has 0 saturated carbocycles. The molecule has 4 N–H and O–H groups in total. The second-order valence-electron chi connectivity index (χ2n) is 3.03. The van der Waals surface area contributed by atoms with E-state index in [1.54, 1.807) is 13.8 Å². The first-order valence-electron chi connectivity index (χ1n) is 4.31. The van der Waals surface area contributed by atoms with Crippen molar-refractivity contribution in [2.75, 3.05) is 6.54 Å². The van der Waals surface area contributed by atoms with Gasteiger partial charge in [-0.1, -0.05) is 13.8 Å². The Morgan fingerprint density at radius 1 is 1.36 bits per heavy atom. The monoisotopic (exact) mass is 225 g/mol. The van der Waals surface area contributed by atoms with Crippen molar-refractivity contribution < 1.29 is 24.3 Å². The van der Waals surface area contributed by atoms with Crippen LogP contribution in [0.3, 0.4) is 0 Å². The highest BCUT2D eigenvalue weighted by molar-refractivity contribution is 7.53. The first-order chi connectivity index (χ1) is 6.29. The fourth-order valence-corrected chi connectivity index (χ4v) is 2.36. The van der Waals surface area contributed by atoms with Gasteiger partial charge in [-0.25, -0.2) is 0 Å². The second-order valence-corrected chi connectivity index (χ2v) is 4.97. The van der Waals surface area contributed by atoms with E-state index in [0.29, 0.717) is 0 Å². The first kappa shape index (κ1) is 13.6. The van der Waals surface area contributed by atoms with E-state index in [2.05, 4.69) is 5.32 Å². The number of hydrogen-bond acceptors (Lipinski definition) is 3. The standard InChI is InChI=1S/C7H16NO5P/c1-3-7(4-2,14(11,12)13)8-5-6(9)10/h8H,3-5H2,1-2H3,(H,9,10)(H2,11,12,13). The van der Waals surface area contributed by atoms with Crippen molar-refractivity contribution in [2.24, 2.45) is 0 Å². The molecule has 14 heavy (non-hydrogen) atoms. The van der Waals surface area contributed by atoms with Crippen LogP contribution in [-0.2, 0) is 9.36 Å². The van der Waals surface area contributed by atoms with E-state index in [4.69, 9.17) is 14.9 Å². The summed E-state index contributed by atoms with van der Waals surface area (Å²) >= 11 is 0. The fourth-order valence-electron chi connectivity index (χ4n) is 1.26. The molecule has 0 aliphatic heterocycles. The third-order valence-electron chi connectivity index (χ3n) is 2.30. The van der Waals surface area contributed by atoms with Crippen LogP contribution in [-0.4, -0.2) is 32.7 Å². The maximum Gasteiger partial charge on any atom is 0.345 e. The zero-order valence-corrected chi connectivity index (χ0v) is 9.12. The average molecular weight is 225 g/mol. The van der Waals surface area contributed by atoms with Crippen molar-refractivity contribution in [1.82, 2.24) is 5.32 Å². The van der Waals surface area contributed by atoms with Crippen molar-refractivity contribution in [3.63, 3.8) is 0 Å². The summed E-state index contributed by atoms with van der Waals surface area (Å²) in [6.07, 6.45) is 0.363. The van der Waals surface area contributed by atoms with Gasteiger partial charge in [0.2, 0.25) is 0 Å². The Bertz CT molecular complexity index is 244. The zero-order chi connectivity index (χ0) is 11.4. The van der Waals surface area contributed by atoms with Gasteiger partial charge in [-0.3, -0.25) is 14.7 Å². The number of rotatable bonds is 6. The van der Waals surface area contributed by atoms with Crippen LogP contribution < -0.4 is 5.32 Å². The Labute approximate surface area is 82.5 Å². The van der Waals surface area contributed by atoms with Crippen molar-refractivity contribution in [3.05, 3.63) is 0 Å². The van der Waals surface area contributed by atoms with E-state index >= 15 is 0 Å². The van der Waals surface area contributed by atoms with E-state index in [1.807, 2.05) is 0 Å². The molecule has 0 spiro atoms. The van der Waals surface area contributed by atoms with Crippen LogP contribution in [0.15, 0.2) is 0 Å². The molecular formula is C7H16NO5P. The van der Waals surface area contributed by atoms with Gasteiger partial charge in [-0.15, -0.1) is 0 Å². The minimum absolute atomic E-state index is 0.182. The Hall–Kier alpha value is -0.420. The SMILES string of the molecule is CCC(CC)(NCC(=O)O)P(=O)(O)O. The van der Waals surface area contributed by atoms with E-state index in [-0.39, 0.29) is 12.8 Å². The number of carboxylic acids is 1. The molecular weight excluding hydrogens is 209 g/mol. The quantitative estimate of drug-likeness (QED) is 0.486. The molecule has 0 aromatic rings. The third kappa shape index (κ3) is 3.06. The topological polar surface area (TPSA) is 107 Å². The summed E-state index contributed by atoms with van der Waals surface area (Å²) in [7, 11) is -4.34. The van der Waals surface area contributed by atoms with Gasteiger partial charge in [0.15, 0.2) is 0 Å². The Morgan fingerprint density at radius 3 is 2.00 bits per heavy atom. The molecule has 0 amide bonds. The van der Waals surface area contributed by atoms with Gasteiger partial charge in [-0.2, -0.15) is 0 Å². The number of aliphatic carboxylic acids is 1. The number of hydrogen-bond donors (Lipinski definition) is 4. The number of nitrogens with one attached hydrogen (secondary N) is 1. The zero-order valence-electron chi connectivity index (χ0n) is 8.23. The molecule has 0 atom stereocenters. The van der Waals surface area contributed by atoms with E-state index in [1.165, 1.54) is 0 Å². The highest BCUT2D eigenvalue weighted by atomic mass is 31.2. The smallest absolute Gasteiger partial charge is 0.345 e. The molecule has 84 valence electrons. The van der Waals surface area contributed by atoms with Crippen molar-refractivity contribution in [3.8, 4) is 0 Å². The molecule has 0 aliphatic carbocycles. The van der Waals surface area contributed by atoms with Crippen molar-refractivity contribution in [1.29, 1.82) is 0 Å². The van der Waals surface area contributed by atoms with Gasteiger partial charge in [0.1, 0.15) is 5.28 Å². The Morgan fingerprint density at radius 2 is 1.79 bits per heavy atom. The summed E-state index contributed by atoms with van der Waals surface area (Å²) in [5.74, 6) is -1.13. The van der Waals surface area contributed by atoms with Crippen LogP contribution in [0.5, 0.6) is 0 Å². The third-order valence-corrected chi connectivity index (χ3v) is 4.20. The van der Waals surface area contributed by atoms with Crippen molar-refractivity contribution in [2.45, 2.75) is 32.0 Å². The van der Waals surface area contributed by atoms with Crippen LogP contribution in [0, 0.1) is 0 Å². The summed E-state index contributed by atoms with van der Waals surface area (Å²) in [5, 5.41) is 9.42. The van der Waals surface area contributed by atoms with Crippen LogP contribution in [0.25, 0.3) is 0 Å². The van der Waals surface area contributed by atoms with Crippen LogP contribution in [0.2, 0.25) is 0 Å². The largest absolute Gasteiger partial charge is 0.480 e. The van der Waals surface area contributed by atoms with Gasteiger partial charge >= 0.3 is 13.6 Å². The van der Waals surface area contributed by atoms with Gasteiger partial charge in [-0.05, 0) is 12.8 Å². The lowest BCUT2D eigenvalue weighted by Crippen LogP contribution is -2.46. The minimum atomic E-state index is -4.34. The summed E-state index contributed by atoms with van der Waals surface area (Å²) in [6, 6.07) is 0. The Kier molecular flexibility index (Phi) is 4.74. The first-order valence-corrected chi connectivity index (χ1v) is 5.92. The van der Waals surface area contributed by atoms with E-state index < -0.39 is 25.4 Å². The average Bonchev–Trinajstić information content (AvgIpc) is 2.04. The highest BCUT2D eigenvalue weighted by Crippen LogP contribution is 2.52. The molecule has 0 unspecified atom stereocenters. The molecule has 0 fully saturated rings. The number of carboxylic acid groups (broad SMARTS) is 1. The molecule has 0 rings (SSSR count). The molecule has 0 heterocycles. The van der Waals surface area contributed by atoms with Crippen molar-refractivity contribution >= 4 is 13.6 Å². The summed E-state index contributed by atoms with van der Waals surface area (Å²) in [6.45, 7) is 2.77. The molecule has 0 saturated heterocycles. The lowest BCUT2D eigenvalue weighted by Gasteiger charge is -2.32. The maximum atomic E-state index is 11.2. The summed E-state index contributed by atoms with van der Waals surface area (Å²) < 4.78 is 11.2. The normalized spacial score (nSPS) is 12.9. The summed E-state index contributed by atoms with van der Waals surface area (Å²) in [4.78, 5) is 28.5.